The SMILES string of the molecule is CCCNC(CCc1ccsc1)c1ccccc1C. The average molecular weight is 273 g/mol. The van der Waals surface area contributed by atoms with Gasteiger partial charge < -0.3 is 5.32 Å². The van der Waals surface area contributed by atoms with Crippen molar-refractivity contribution in [1.29, 1.82) is 0 Å². The number of thiophene rings is 1. The number of benzene rings is 1. The van der Waals surface area contributed by atoms with Gasteiger partial charge in [-0.25, -0.2) is 0 Å². The molecule has 0 saturated carbocycles. The van der Waals surface area contributed by atoms with Gasteiger partial charge in [0.05, 0.1) is 0 Å². The van der Waals surface area contributed by atoms with Crippen molar-refractivity contribution in [1.82, 2.24) is 5.32 Å². The summed E-state index contributed by atoms with van der Waals surface area (Å²) in [6, 6.07) is 11.4. The molecule has 0 amide bonds. The first kappa shape index (κ1) is 14.3. The molecule has 1 N–H and O–H groups in total. The third-order valence-corrected chi connectivity index (χ3v) is 4.24. The van der Waals surface area contributed by atoms with Crippen molar-refractivity contribution in [2.45, 2.75) is 39.2 Å². The standard InChI is InChI=1S/C17H23NS/c1-3-11-18-17(9-8-15-10-12-19-13-15)16-7-5-4-6-14(16)2/h4-7,10,12-13,17-18H,3,8-9,11H2,1-2H3. The molecule has 102 valence electrons. The van der Waals surface area contributed by atoms with Gasteiger partial charge in [-0.2, -0.15) is 11.3 Å². The van der Waals surface area contributed by atoms with Crippen molar-refractivity contribution < 1.29 is 0 Å². The van der Waals surface area contributed by atoms with E-state index in [4.69, 9.17) is 0 Å². The van der Waals surface area contributed by atoms with Gasteiger partial charge in [-0.05, 0) is 66.2 Å². The summed E-state index contributed by atoms with van der Waals surface area (Å²) < 4.78 is 0. The highest BCUT2D eigenvalue weighted by molar-refractivity contribution is 7.07. The third-order valence-electron chi connectivity index (χ3n) is 3.51. The van der Waals surface area contributed by atoms with E-state index < -0.39 is 0 Å². The molecule has 1 atom stereocenters. The molecule has 1 heterocycles. The first-order chi connectivity index (χ1) is 9.31. The normalized spacial score (nSPS) is 12.5. The summed E-state index contributed by atoms with van der Waals surface area (Å²) in [5.41, 5.74) is 4.30. The average Bonchev–Trinajstić information content (AvgIpc) is 2.93. The molecule has 2 rings (SSSR count). The van der Waals surface area contributed by atoms with E-state index in [1.807, 2.05) is 0 Å². The third kappa shape index (κ3) is 4.19. The zero-order valence-electron chi connectivity index (χ0n) is 11.9. The maximum Gasteiger partial charge on any atom is 0.0326 e. The summed E-state index contributed by atoms with van der Waals surface area (Å²) in [6.07, 6.45) is 3.50. The van der Waals surface area contributed by atoms with Gasteiger partial charge in [-0.1, -0.05) is 31.2 Å². The van der Waals surface area contributed by atoms with E-state index >= 15 is 0 Å². The predicted octanol–water partition coefficient (Wildman–Crippen LogP) is 4.73. The molecular weight excluding hydrogens is 250 g/mol. The van der Waals surface area contributed by atoms with Gasteiger partial charge in [0.2, 0.25) is 0 Å². The Bertz CT molecular complexity index is 476. The van der Waals surface area contributed by atoms with Crippen LogP contribution in [-0.4, -0.2) is 6.54 Å². The Morgan fingerprint density at radius 1 is 1.21 bits per heavy atom. The summed E-state index contributed by atoms with van der Waals surface area (Å²) >= 11 is 1.79. The highest BCUT2D eigenvalue weighted by atomic mass is 32.1. The zero-order chi connectivity index (χ0) is 13.5. The van der Waals surface area contributed by atoms with Gasteiger partial charge in [-0.3, -0.25) is 0 Å². The van der Waals surface area contributed by atoms with Crippen LogP contribution < -0.4 is 5.32 Å². The van der Waals surface area contributed by atoms with Crippen molar-refractivity contribution in [2.75, 3.05) is 6.54 Å². The Labute approximate surface area is 120 Å². The van der Waals surface area contributed by atoms with Crippen LogP contribution in [0.2, 0.25) is 0 Å². The highest BCUT2D eigenvalue weighted by Crippen LogP contribution is 2.23. The van der Waals surface area contributed by atoms with Crippen LogP contribution in [0.3, 0.4) is 0 Å². The van der Waals surface area contributed by atoms with Crippen LogP contribution in [-0.2, 0) is 6.42 Å². The Kier molecular flexibility index (Phi) is 5.62. The molecule has 2 aromatic rings. The summed E-state index contributed by atoms with van der Waals surface area (Å²) in [7, 11) is 0. The quantitative estimate of drug-likeness (QED) is 0.769. The molecule has 0 saturated heterocycles. The Hall–Kier alpha value is -1.12. The van der Waals surface area contributed by atoms with Crippen LogP contribution in [0, 0.1) is 6.92 Å². The van der Waals surface area contributed by atoms with Gasteiger partial charge in [0, 0.05) is 6.04 Å². The monoisotopic (exact) mass is 273 g/mol. The Morgan fingerprint density at radius 2 is 2.05 bits per heavy atom. The van der Waals surface area contributed by atoms with Gasteiger partial charge >= 0.3 is 0 Å². The number of hydrogen-bond acceptors (Lipinski definition) is 2. The predicted molar refractivity (Wildman–Crippen MR) is 84.9 cm³/mol. The maximum atomic E-state index is 3.69. The van der Waals surface area contributed by atoms with E-state index in [1.165, 1.54) is 29.5 Å². The van der Waals surface area contributed by atoms with Gasteiger partial charge in [0.15, 0.2) is 0 Å². The van der Waals surface area contributed by atoms with Gasteiger partial charge in [0.25, 0.3) is 0 Å². The molecule has 1 nitrogen and oxygen atoms in total. The molecule has 1 unspecified atom stereocenters. The second-order valence-electron chi connectivity index (χ2n) is 5.03. The molecular formula is C17H23NS. The lowest BCUT2D eigenvalue weighted by Gasteiger charge is -2.20. The lowest BCUT2D eigenvalue weighted by Crippen LogP contribution is -2.23. The van der Waals surface area contributed by atoms with E-state index in [0.717, 1.165) is 13.0 Å². The summed E-state index contributed by atoms with van der Waals surface area (Å²) in [6.45, 7) is 5.52. The molecule has 0 aliphatic carbocycles. The number of aryl methyl sites for hydroxylation is 2. The lowest BCUT2D eigenvalue weighted by molar-refractivity contribution is 0.497. The van der Waals surface area contributed by atoms with E-state index in [-0.39, 0.29) is 0 Å². The fourth-order valence-electron chi connectivity index (χ4n) is 2.41. The van der Waals surface area contributed by atoms with Crippen LogP contribution >= 0.6 is 11.3 Å². The number of hydrogen-bond donors (Lipinski definition) is 1. The van der Waals surface area contributed by atoms with Crippen molar-refractivity contribution in [3.8, 4) is 0 Å². The fraction of sp³-hybridized carbons (Fsp3) is 0.412. The largest absolute Gasteiger partial charge is 0.310 e. The molecule has 0 spiro atoms. The molecule has 0 aliphatic heterocycles. The molecule has 19 heavy (non-hydrogen) atoms. The molecule has 2 heteroatoms. The molecule has 0 fully saturated rings. The van der Waals surface area contributed by atoms with E-state index in [9.17, 15) is 0 Å². The Balaban J connectivity index is 2.05. The van der Waals surface area contributed by atoms with Crippen LogP contribution in [0.15, 0.2) is 41.1 Å². The second kappa shape index (κ2) is 7.46. The molecule has 0 aliphatic rings. The van der Waals surface area contributed by atoms with E-state index in [0.29, 0.717) is 6.04 Å². The first-order valence-corrected chi connectivity index (χ1v) is 8.05. The molecule has 1 aromatic heterocycles. The minimum Gasteiger partial charge on any atom is -0.310 e. The topological polar surface area (TPSA) is 12.0 Å². The second-order valence-corrected chi connectivity index (χ2v) is 5.81. The summed E-state index contributed by atoms with van der Waals surface area (Å²) in [4.78, 5) is 0. The van der Waals surface area contributed by atoms with Crippen molar-refractivity contribution in [2.24, 2.45) is 0 Å². The van der Waals surface area contributed by atoms with Crippen LogP contribution in [0.25, 0.3) is 0 Å². The number of nitrogens with one attached hydrogen (secondary N) is 1. The van der Waals surface area contributed by atoms with Crippen molar-refractivity contribution in [3.63, 3.8) is 0 Å². The van der Waals surface area contributed by atoms with Crippen LogP contribution in [0.5, 0.6) is 0 Å². The van der Waals surface area contributed by atoms with E-state index in [2.05, 4.69) is 60.3 Å². The summed E-state index contributed by atoms with van der Waals surface area (Å²) in [5.74, 6) is 0. The van der Waals surface area contributed by atoms with Gasteiger partial charge in [0.1, 0.15) is 0 Å². The number of rotatable bonds is 7. The summed E-state index contributed by atoms with van der Waals surface area (Å²) in [5, 5.41) is 8.12. The van der Waals surface area contributed by atoms with Crippen molar-refractivity contribution in [3.05, 3.63) is 57.8 Å². The van der Waals surface area contributed by atoms with E-state index in [1.54, 1.807) is 11.3 Å². The van der Waals surface area contributed by atoms with Crippen LogP contribution in [0.4, 0.5) is 0 Å². The minimum atomic E-state index is 0.473. The van der Waals surface area contributed by atoms with Crippen LogP contribution in [0.1, 0.15) is 42.5 Å². The maximum absolute atomic E-state index is 3.69. The zero-order valence-corrected chi connectivity index (χ0v) is 12.7. The van der Waals surface area contributed by atoms with Crippen molar-refractivity contribution >= 4 is 11.3 Å². The molecule has 1 aromatic carbocycles. The van der Waals surface area contributed by atoms with Gasteiger partial charge in [-0.15, -0.1) is 0 Å². The minimum absolute atomic E-state index is 0.473. The highest BCUT2D eigenvalue weighted by Gasteiger charge is 2.12. The molecule has 0 radical (unpaired) electrons. The fourth-order valence-corrected chi connectivity index (χ4v) is 3.11. The first-order valence-electron chi connectivity index (χ1n) is 7.11. The lowest BCUT2D eigenvalue weighted by atomic mass is 9.96. The molecule has 0 bridgehead atoms. The Morgan fingerprint density at radius 3 is 2.74 bits per heavy atom. The smallest absolute Gasteiger partial charge is 0.0326 e.